The van der Waals surface area contributed by atoms with E-state index in [1.165, 1.54) is 17.7 Å². The van der Waals surface area contributed by atoms with Crippen molar-refractivity contribution in [3.05, 3.63) is 29.8 Å². The fraction of sp³-hybridized carbons (Fsp3) is 0.611. The number of guanidine groups is 1. The fourth-order valence-electron chi connectivity index (χ4n) is 2.21. The highest BCUT2D eigenvalue weighted by atomic mass is 32.2. The van der Waals surface area contributed by atoms with Crippen LogP contribution in [-0.4, -0.2) is 44.2 Å². The molecule has 0 aliphatic carbocycles. The minimum atomic E-state index is 0.699. The lowest BCUT2D eigenvalue weighted by molar-refractivity contribution is 0.336. The second-order valence-corrected chi connectivity index (χ2v) is 6.16. The van der Waals surface area contributed by atoms with E-state index in [0.717, 1.165) is 44.2 Å². The molecule has 1 aromatic carbocycles. The summed E-state index contributed by atoms with van der Waals surface area (Å²) in [5.74, 6) is 3.11. The molecule has 0 spiro atoms. The molecule has 0 unspecified atom stereocenters. The van der Waals surface area contributed by atoms with Gasteiger partial charge < -0.3 is 15.4 Å². The van der Waals surface area contributed by atoms with E-state index in [1.54, 1.807) is 0 Å². The summed E-state index contributed by atoms with van der Waals surface area (Å²) in [6.07, 6.45) is 5.44. The average molecular weight is 338 g/mol. The molecule has 4 nitrogen and oxygen atoms in total. The topological polar surface area (TPSA) is 45.7 Å². The molecule has 0 aliphatic rings. The van der Waals surface area contributed by atoms with Gasteiger partial charge >= 0.3 is 0 Å². The van der Waals surface area contributed by atoms with Gasteiger partial charge in [-0.15, -0.1) is 0 Å². The third-order valence-corrected chi connectivity index (χ3v) is 4.03. The lowest BCUT2D eigenvalue weighted by Gasteiger charge is -2.13. The largest absolute Gasteiger partial charge is 0.494 e. The van der Waals surface area contributed by atoms with Crippen LogP contribution in [0.2, 0.25) is 0 Å². The number of aliphatic imine (C=N–C) groups is 1. The zero-order valence-corrected chi connectivity index (χ0v) is 15.5. The number of thioether (sulfide) groups is 1. The SMILES string of the molecule is CCNC(=NCCCCSC)NCCc1ccccc1OCC. The summed E-state index contributed by atoms with van der Waals surface area (Å²) >= 11 is 1.90. The van der Waals surface area contributed by atoms with Crippen LogP contribution in [0.5, 0.6) is 5.75 Å². The maximum absolute atomic E-state index is 5.67. The van der Waals surface area contributed by atoms with Crippen LogP contribution in [0.4, 0.5) is 0 Å². The van der Waals surface area contributed by atoms with Crippen molar-refractivity contribution in [2.24, 2.45) is 4.99 Å². The summed E-state index contributed by atoms with van der Waals surface area (Å²) in [4.78, 5) is 4.63. The van der Waals surface area contributed by atoms with Crippen LogP contribution in [0.25, 0.3) is 0 Å². The molecular formula is C18H31N3OS. The summed E-state index contributed by atoms with van der Waals surface area (Å²) < 4.78 is 5.67. The van der Waals surface area contributed by atoms with E-state index in [0.29, 0.717) is 6.61 Å². The molecule has 0 aromatic heterocycles. The second kappa shape index (κ2) is 13.1. The third kappa shape index (κ3) is 8.74. The minimum absolute atomic E-state index is 0.699. The molecule has 0 radical (unpaired) electrons. The van der Waals surface area contributed by atoms with Gasteiger partial charge in [-0.3, -0.25) is 4.99 Å². The zero-order chi connectivity index (χ0) is 16.8. The number of rotatable bonds is 11. The number of para-hydroxylation sites is 1. The van der Waals surface area contributed by atoms with Crippen molar-refractivity contribution in [3.8, 4) is 5.75 Å². The van der Waals surface area contributed by atoms with E-state index < -0.39 is 0 Å². The predicted octanol–water partition coefficient (Wildman–Crippen LogP) is 3.33. The van der Waals surface area contributed by atoms with Crippen molar-refractivity contribution in [2.45, 2.75) is 33.1 Å². The van der Waals surface area contributed by atoms with Gasteiger partial charge in [-0.1, -0.05) is 18.2 Å². The first-order chi connectivity index (χ1) is 11.3. The van der Waals surface area contributed by atoms with Crippen LogP contribution in [0, 0.1) is 0 Å². The van der Waals surface area contributed by atoms with E-state index >= 15 is 0 Å². The van der Waals surface area contributed by atoms with Gasteiger partial charge in [0.2, 0.25) is 0 Å². The molecule has 5 heteroatoms. The van der Waals surface area contributed by atoms with Crippen LogP contribution in [0.15, 0.2) is 29.3 Å². The Labute approximate surface area is 145 Å². The third-order valence-electron chi connectivity index (χ3n) is 3.33. The molecule has 0 aliphatic heterocycles. The van der Waals surface area contributed by atoms with Gasteiger partial charge in [0.25, 0.3) is 0 Å². The van der Waals surface area contributed by atoms with E-state index in [2.05, 4.69) is 40.9 Å². The number of hydrogen-bond acceptors (Lipinski definition) is 3. The van der Waals surface area contributed by atoms with E-state index in [9.17, 15) is 0 Å². The van der Waals surface area contributed by atoms with Crippen molar-refractivity contribution < 1.29 is 4.74 Å². The average Bonchev–Trinajstić information content (AvgIpc) is 2.56. The number of ether oxygens (including phenoxy) is 1. The maximum atomic E-state index is 5.67. The summed E-state index contributed by atoms with van der Waals surface area (Å²) in [5, 5.41) is 6.71. The zero-order valence-electron chi connectivity index (χ0n) is 14.7. The van der Waals surface area contributed by atoms with Crippen molar-refractivity contribution in [3.63, 3.8) is 0 Å². The van der Waals surface area contributed by atoms with Gasteiger partial charge in [0, 0.05) is 19.6 Å². The lowest BCUT2D eigenvalue weighted by atomic mass is 10.1. The lowest BCUT2D eigenvalue weighted by Crippen LogP contribution is -2.38. The van der Waals surface area contributed by atoms with E-state index in [4.69, 9.17) is 4.74 Å². The van der Waals surface area contributed by atoms with Gasteiger partial charge in [0.15, 0.2) is 5.96 Å². The van der Waals surface area contributed by atoms with Gasteiger partial charge in [-0.05, 0) is 56.7 Å². The molecule has 0 saturated carbocycles. The first kappa shape index (κ1) is 19.7. The highest BCUT2D eigenvalue weighted by molar-refractivity contribution is 7.98. The number of hydrogen-bond donors (Lipinski definition) is 2. The van der Waals surface area contributed by atoms with Crippen molar-refractivity contribution in [1.29, 1.82) is 0 Å². The Hall–Kier alpha value is -1.36. The maximum Gasteiger partial charge on any atom is 0.191 e. The normalized spacial score (nSPS) is 11.3. The molecular weight excluding hydrogens is 306 g/mol. The van der Waals surface area contributed by atoms with Crippen molar-refractivity contribution in [1.82, 2.24) is 10.6 Å². The fourth-order valence-corrected chi connectivity index (χ4v) is 2.71. The second-order valence-electron chi connectivity index (χ2n) is 5.18. The molecule has 23 heavy (non-hydrogen) atoms. The van der Waals surface area contributed by atoms with Crippen LogP contribution >= 0.6 is 11.8 Å². The first-order valence-corrected chi connectivity index (χ1v) is 9.93. The molecule has 0 amide bonds. The molecule has 130 valence electrons. The first-order valence-electron chi connectivity index (χ1n) is 8.53. The van der Waals surface area contributed by atoms with Gasteiger partial charge in [-0.25, -0.2) is 0 Å². The van der Waals surface area contributed by atoms with Crippen LogP contribution in [0.1, 0.15) is 32.3 Å². The molecule has 0 saturated heterocycles. The summed E-state index contributed by atoms with van der Waals surface area (Å²) in [7, 11) is 0. The van der Waals surface area contributed by atoms with Gasteiger partial charge in [0.05, 0.1) is 6.61 Å². The van der Waals surface area contributed by atoms with Crippen molar-refractivity contribution >= 4 is 17.7 Å². The monoisotopic (exact) mass is 337 g/mol. The van der Waals surface area contributed by atoms with Crippen molar-refractivity contribution in [2.75, 3.05) is 38.2 Å². The summed E-state index contributed by atoms with van der Waals surface area (Å²) in [6.45, 7) is 7.42. The molecule has 1 aromatic rings. The number of benzene rings is 1. The molecule has 1 rings (SSSR count). The van der Waals surface area contributed by atoms with Crippen LogP contribution in [0.3, 0.4) is 0 Å². The number of unbranched alkanes of at least 4 members (excludes halogenated alkanes) is 1. The number of nitrogens with one attached hydrogen (secondary N) is 2. The molecule has 0 fully saturated rings. The smallest absolute Gasteiger partial charge is 0.191 e. The van der Waals surface area contributed by atoms with E-state index in [-0.39, 0.29) is 0 Å². The quantitative estimate of drug-likeness (QED) is 0.369. The Balaban J connectivity index is 2.41. The molecule has 0 heterocycles. The molecule has 0 bridgehead atoms. The highest BCUT2D eigenvalue weighted by Gasteiger charge is 2.03. The Morgan fingerprint density at radius 3 is 2.74 bits per heavy atom. The number of nitrogens with zero attached hydrogens (tertiary/aromatic N) is 1. The van der Waals surface area contributed by atoms with Gasteiger partial charge in [-0.2, -0.15) is 11.8 Å². The Kier molecular flexibility index (Phi) is 11.2. The summed E-state index contributed by atoms with van der Waals surface area (Å²) in [5.41, 5.74) is 1.23. The summed E-state index contributed by atoms with van der Waals surface area (Å²) in [6, 6.07) is 8.23. The van der Waals surface area contributed by atoms with E-state index in [1.807, 2.05) is 30.8 Å². The molecule has 0 atom stereocenters. The predicted molar refractivity (Wildman–Crippen MR) is 103 cm³/mol. The van der Waals surface area contributed by atoms with Crippen LogP contribution < -0.4 is 15.4 Å². The Morgan fingerprint density at radius 2 is 2.00 bits per heavy atom. The standard InChI is InChI=1S/C18H31N3OS/c1-4-19-18(20-13-8-9-15-23-3)21-14-12-16-10-6-7-11-17(16)22-5-2/h6-7,10-11H,4-5,8-9,12-15H2,1-3H3,(H2,19,20,21). The Morgan fingerprint density at radius 1 is 1.17 bits per heavy atom. The van der Waals surface area contributed by atoms with Gasteiger partial charge in [0.1, 0.15) is 5.75 Å². The molecule has 2 N–H and O–H groups in total. The Bertz CT molecular complexity index is 452. The van der Waals surface area contributed by atoms with Crippen LogP contribution in [-0.2, 0) is 6.42 Å². The minimum Gasteiger partial charge on any atom is -0.494 e. The highest BCUT2D eigenvalue weighted by Crippen LogP contribution is 2.17.